The lowest BCUT2D eigenvalue weighted by Crippen LogP contribution is -2.15. The lowest BCUT2D eigenvalue weighted by atomic mass is 9.92. The molecule has 90 valence electrons. The summed E-state index contributed by atoms with van der Waals surface area (Å²) in [6, 6.07) is 9.21. The van der Waals surface area contributed by atoms with E-state index in [1.165, 1.54) is 24.0 Å². The van der Waals surface area contributed by atoms with Gasteiger partial charge in [-0.3, -0.25) is 0 Å². The SMILES string of the molecule is CCC(C)c1ccc(C(C)(CC)SC)cc1. The Morgan fingerprint density at radius 1 is 1.19 bits per heavy atom. The van der Waals surface area contributed by atoms with Crippen LogP contribution < -0.4 is 0 Å². The second-order valence-electron chi connectivity index (χ2n) is 4.72. The lowest BCUT2D eigenvalue weighted by Gasteiger charge is -2.27. The van der Waals surface area contributed by atoms with E-state index in [1.807, 2.05) is 11.8 Å². The van der Waals surface area contributed by atoms with Crippen molar-refractivity contribution < 1.29 is 0 Å². The Hall–Kier alpha value is -0.430. The zero-order valence-corrected chi connectivity index (χ0v) is 12.0. The van der Waals surface area contributed by atoms with Crippen LogP contribution in [0.5, 0.6) is 0 Å². The van der Waals surface area contributed by atoms with Crippen LogP contribution in [0.3, 0.4) is 0 Å². The minimum absolute atomic E-state index is 0.272. The smallest absolute Gasteiger partial charge is 0.0374 e. The molecule has 0 saturated heterocycles. The number of thioether (sulfide) groups is 1. The van der Waals surface area contributed by atoms with E-state index in [0.717, 1.165) is 0 Å². The van der Waals surface area contributed by atoms with Gasteiger partial charge in [0.1, 0.15) is 0 Å². The highest BCUT2D eigenvalue weighted by molar-refractivity contribution is 7.99. The Balaban J connectivity index is 2.94. The predicted molar refractivity (Wildman–Crippen MR) is 76.3 cm³/mol. The fourth-order valence-corrected chi connectivity index (χ4v) is 2.53. The Morgan fingerprint density at radius 3 is 2.12 bits per heavy atom. The van der Waals surface area contributed by atoms with Crippen LogP contribution >= 0.6 is 11.8 Å². The van der Waals surface area contributed by atoms with Gasteiger partial charge in [-0.1, -0.05) is 45.0 Å². The van der Waals surface area contributed by atoms with Gasteiger partial charge in [-0.05, 0) is 43.1 Å². The van der Waals surface area contributed by atoms with E-state index in [1.54, 1.807) is 0 Å². The van der Waals surface area contributed by atoms with E-state index in [0.29, 0.717) is 5.92 Å². The number of benzene rings is 1. The van der Waals surface area contributed by atoms with Crippen molar-refractivity contribution in [1.82, 2.24) is 0 Å². The van der Waals surface area contributed by atoms with Crippen molar-refractivity contribution in [2.45, 2.75) is 51.2 Å². The summed E-state index contributed by atoms with van der Waals surface area (Å²) in [5.74, 6) is 0.677. The molecule has 0 aliphatic rings. The first kappa shape index (κ1) is 13.6. The molecule has 0 N–H and O–H groups in total. The molecule has 2 atom stereocenters. The third-order valence-corrected chi connectivity index (χ3v) is 5.25. The summed E-state index contributed by atoms with van der Waals surface area (Å²) < 4.78 is 0.272. The maximum absolute atomic E-state index is 2.33. The average molecular weight is 236 g/mol. The van der Waals surface area contributed by atoms with Gasteiger partial charge in [0.05, 0.1) is 0 Å². The zero-order valence-electron chi connectivity index (χ0n) is 11.2. The van der Waals surface area contributed by atoms with E-state index in [2.05, 4.69) is 58.2 Å². The van der Waals surface area contributed by atoms with Crippen molar-refractivity contribution in [3.8, 4) is 0 Å². The summed E-state index contributed by atoms with van der Waals surface area (Å²) in [5.41, 5.74) is 2.92. The van der Waals surface area contributed by atoms with Gasteiger partial charge in [0, 0.05) is 4.75 Å². The van der Waals surface area contributed by atoms with Crippen LogP contribution in [0, 0.1) is 0 Å². The normalized spacial score (nSPS) is 16.8. The van der Waals surface area contributed by atoms with E-state index in [-0.39, 0.29) is 4.75 Å². The highest BCUT2D eigenvalue weighted by Crippen LogP contribution is 2.37. The van der Waals surface area contributed by atoms with E-state index in [9.17, 15) is 0 Å². The molecule has 0 aliphatic heterocycles. The summed E-state index contributed by atoms with van der Waals surface area (Å²) in [6.07, 6.45) is 4.59. The third kappa shape index (κ3) is 2.82. The van der Waals surface area contributed by atoms with Crippen LogP contribution in [0.2, 0.25) is 0 Å². The third-order valence-electron chi connectivity index (χ3n) is 3.83. The topological polar surface area (TPSA) is 0 Å². The largest absolute Gasteiger partial charge is 0.154 e. The Labute approximate surface area is 105 Å². The van der Waals surface area contributed by atoms with E-state index >= 15 is 0 Å². The molecule has 0 amide bonds. The molecule has 0 saturated carbocycles. The molecule has 0 fully saturated rings. The van der Waals surface area contributed by atoms with Crippen molar-refractivity contribution in [2.75, 3.05) is 6.26 Å². The quantitative estimate of drug-likeness (QED) is 0.678. The van der Waals surface area contributed by atoms with Gasteiger partial charge in [-0.2, -0.15) is 11.8 Å². The molecule has 0 heterocycles. The van der Waals surface area contributed by atoms with Crippen molar-refractivity contribution >= 4 is 11.8 Å². The second-order valence-corrected chi connectivity index (χ2v) is 6.03. The Bertz CT molecular complexity index is 309. The minimum atomic E-state index is 0.272. The second kappa shape index (κ2) is 5.77. The monoisotopic (exact) mass is 236 g/mol. The van der Waals surface area contributed by atoms with E-state index in [4.69, 9.17) is 0 Å². The van der Waals surface area contributed by atoms with Crippen LogP contribution in [0.1, 0.15) is 57.6 Å². The maximum atomic E-state index is 2.33. The maximum Gasteiger partial charge on any atom is 0.0374 e. The van der Waals surface area contributed by atoms with Gasteiger partial charge in [0.2, 0.25) is 0 Å². The van der Waals surface area contributed by atoms with Crippen molar-refractivity contribution in [2.24, 2.45) is 0 Å². The van der Waals surface area contributed by atoms with Gasteiger partial charge in [0.25, 0.3) is 0 Å². The molecule has 0 spiro atoms. The molecule has 2 unspecified atom stereocenters. The van der Waals surface area contributed by atoms with Gasteiger partial charge >= 0.3 is 0 Å². The Morgan fingerprint density at radius 2 is 1.75 bits per heavy atom. The molecular formula is C15H24S. The molecule has 0 nitrogen and oxygen atoms in total. The first-order valence-electron chi connectivity index (χ1n) is 6.23. The summed E-state index contributed by atoms with van der Waals surface area (Å²) in [4.78, 5) is 0. The summed E-state index contributed by atoms with van der Waals surface area (Å²) in [5, 5.41) is 0. The summed E-state index contributed by atoms with van der Waals surface area (Å²) >= 11 is 1.95. The molecule has 0 aromatic heterocycles. The Kier molecular flexibility index (Phi) is 4.91. The van der Waals surface area contributed by atoms with Crippen LogP contribution in [0.4, 0.5) is 0 Å². The molecule has 0 bridgehead atoms. The van der Waals surface area contributed by atoms with Crippen LogP contribution in [-0.4, -0.2) is 6.26 Å². The molecular weight excluding hydrogens is 212 g/mol. The fraction of sp³-hybridized carbons (Fsp3) is 0.600. The standard InChI is InChI=1S/C15H24S/c1-6-12(3)13-8-10-14(11-9-13)15(4,7-2)16-5/h8-12H,6-7H2,1-5H3. The van der Waals surface area contributed by atoms with E-state index < -0.39 is 0 Å². The molecule has 1 rings (SSSR count). The molecule has 1 heteroatoms. The van der Waals surface area contributed by atoms with Gasteiger partial charge in [-0.25, -0.2) is 0 Å². The van der Waals surface area contributed by atoms with Crippen LogP contribution in [0.25, 0.3) is 0 Å². The molecule has 1 aromatic carbocycles. The first-order chi connectivity index (χ1) is 7.57. The van der Waals surface area contributed by atoms with Crippen molar-refractivity contribution in [1.29, 1.82) is 0 Å². The minimum Gasteiger partial charge on any atom is -0.154 e. The number of hydrogen-bond acceptors (Lipinski definition) is 1. The van der Waals surface area contributed by atoms with Gasteiger partial charge in [-0.15, -0.1) is 0 Å². The van der Waals surface area contributed by atoms with Crippen molar-refractivity contribution in [3.63, 3.8) is 0 Å². The average Bonchev–Trinajstić information content (AvgIpc) is 2.37. The molecule has 0 aliphatic carbocycles. The summed E-state index contributed by atoms with van der Waals surface area (Å²) in [6.45, 7) is 9.13. The fourth-order valence-electron chi connectivity index (χ4n) is 1.87. The lowest BCUT2D eigenvalue weighted by molar-refractivity contribution is 0.664. The highest BCUT2D eigenvalue weighted by atomic mass is 32.2. The van der Waals surface area contributed by atoms with Gasteiger partial charge < -0.3 is 0 Å². The zero-order chi connectivity index (χ0) is 12.2. The molecule has 0 radical (unpaired) electrons. The molecule has 1 aromatic rings. The highest BCUT2D eigenvalue weighted by Gasteiger charge is 2.22. The van der Waals surface area contributed by atoms with Crippen LogP contribution in [0.15, 0.2) is 24.3 Å². The number of rotatable bonds is 5. The molecule has 16 heavy (non-hydrogen) atoms. The van der Waals surface area contributed by atoms with Crippen LogP contribution in [-0.2, 0) is 4.75 Å². The number of hydrogen-bond donors (Lipinski definition) is 0. The van der Waals surface area contributed by atoms with Crippen molar-refractivity contribution in [3.05, 3.63) is 35.4 Å². The van der Waals surface area contributed by atoms with Gasteiger partial charge in [0.15, 0.2) is 0 Å². The first-order valence-corrected chi connectivity index (χ1v) is 7.45. The summed E-state index contributed by atoms with van der Waals surface area (Å²) in [7, 11) is 0. The predicted octanol–water partition coefficient (Wildman–Crippen LogP) is 5.19.